The molecule has 2 rings (SSSR count). The number of benzene rings is 1. The third-order valence-corrected chi connectivity index (χ3v) is 4.49. The van der Waals surface area contributed by atoms with Crippen molar-refractivity contribution in [2.45, 2.75) is 44.6 Å². The lowest BCUT2D eigenvalue weighted by Gasteiger charge is -2.42. The number of nitrogens with two attached hydrogens (primary N) is 1. The fraction of sp³-hybridized carbons (Fsp3) is 0.600. The molecule has 2 heteroatoms. The molecule has 94 valence electrons. The van der Waals surface area contributed by atoms with Crippen molar-refractivity contribution >= 4 is 0 Å². The first kappa shape index (κ1) is 12.6. The Morgan fingerprint density at radius 2 is 1.82 bits per heavy atom. The monoisotopic (exact) mass is 233 g/mol. The van der Waals surface area contributed by atoms with E-state index >= 15 is 0 Å². The fourth-order valence-corrected chi connectivity index (χ4v) is 3.20. The van der Waals surface area contributed by atoms with Crippen LogP contribution in [0.25, 0.3) is 0 Å². The van der Waals surface area contributed by atoms with Crippen LogP contribution in [-0.2, 0) is 6.42 Å². The molecule has 1 aliphatic carbocycles. The minimum atomic E-state index is -0.695. The summed E-state index contributed by atoms with van der Waals surface area (Å²) < 4.78 is 0. The van der Waals surface area contributed by atoms with Gasteiger partial charge in [0.25, 0.3) is 0 Å². The van der Waals surface area contributed by atoms with Crippen LogP contribution in [-0.4, -0.2) is 17.3 Å². The zero-order valence-corrected chi connectivity index (χ0v) is 10.7. The maximum absolute atomic E-state index is 10.8. The first-order valence-electron chi connectivity index (χ1n) is 6.56. The van der Waals surface area contributed by atoms with Crippen LogP contribution in [0.4, 0.5) is 0 Å². The van der Waals surface area contributed by atoms with Crippen molar-refractivity contribution in [3.05, 3.63) is 35.9 Å². The molecule has 17 heavy (non-hydrogen) atoms. The number of hydrogen-bond donors (Lipinski definition) is 2. The highest BCUT2D eigenvalue weighted by atomic mass is 16.3. The van der Waals surface area contributed by atoms with Gasteiger partial charge in [-0.15, -0.1) is 0 Å². The molecule has 1 unspecified atom stereocenters. The molecule has 0 amide bonds. The normalized spacial score (nSPS) is 22.3. The van der Waals surface area contributed by atoms with Gasteiger partial charge in [-0.1, -0.05) is 43.2 Å². The molecular weight excluding hydrogens is 210 g/mol. The molecule has 0 heterocycles. The van der Waals surface area contributed by atoms with Gasteiger partial charge in [-0.3, -0.25) is 0 Å². The molecule has 1 atom stereocenters. The Morgan fingerprint density at radius 3 is 2.35 bits per heavy atom. The van der Waals surface area contributed by atoms with E-state index in [0.29, 0.717) is 13.0 Å². The van der Waals surface area contributed by atoms with E-state index in [1.54, 1.807) is 0 Å². The summed E-state index contributed by atoms with van der Waals surface area (Å²) in [5.41, 5.74) is 6.37. The summed E-state index contributed by atoms with van der Waals surface area (Å²) in [4.78, 5) is 0. The van der Waals surface area contributed by atoms with Crippen molar-refractivity contribution in [2.75, 3.05) is 6.54 Å². The molecule has 2 nitrogen and oxygen atoms in total. The molecular formula is C15H23NO. The molecule has 0 spiro atoms. The highest BCUT2D eigenvalue weighted by Gasteiger charge is 2.47. The number of hydrogen-bond acceptors (Lipinski definition) is 2. The van der Waals surface area contributed by atoms with Gasteiger partial charge in [-0.25, -0.2) is 0 Å². The summed E-state index contributed by atoms with van der Waals surface area (Å²) in [6.07, 6.45) is 5.21. The van der Waals surface area contributed by atoms with Crippen molar-refractivity contribution in [3.8, 4) is 0 Å². The van der Waals surface area contributed by atoms with Gasteiger partial charge in [0.1, 0.15) is 0 Å². The van der Waals surface area contributed by atoms with Gasteiger partial charge >= 0.3 is 0 Å². The molecule has 1 aromatic rings. The number of aliphatic hydroxyl groups is 1. The predicted octanol–water partition coefficient (Wildman–Crippen LogP) is 2.50. The van der Waals surface area contributed by atoms with Crippen LogP contribution < -0.4 is 5.73 Å². The second-order valence-corrected chi connectivity index (χ2v) is 5.63. The maximum Gasteiger partial charge on any atom is 0.0727 e. The van der Waals surface area contributed by atoms with Gasteiger partial charge in [-0.2, -0.15) is 0 Å². The number of rotatable bonds is 4. The van der Waals surface area contributed by atoms with Crippen molar-refractivity contribution in [3.63, 3.8) is 0 Å². The van der Waals surface area contributed by atoms with Gasteiger partial charge in [0, 0.05) is 18.4 Å². The molecule has 0 radical (unpaired) electrons. The Bertz CT molecular complexity index is 352. The molecule has 1 saturated carbocycles. The van der Waals surface area contributed by atoms with E-state index in [1.165, 1.54) is 18.4 Å². The Labute approximate surface area is 104 Å². The van der Waals surface area contributed by atoms with Crippen molar-refractivity contribution in [2.24, 2.45) is 11.1 Å². The van der Waals surface area contributed by atoms with Crippen molar-refractivity contribution < 1.29 is 5.11 Å². The summed E-state index contributed by atoms with van der Waals surface area (Å²) in [5.74, 6) is 0. The Morgan fingerprint density at radius 1 is 1.24 bits per heavy atom. The minimum Gasteiger partial charge on any atom is -0.389 e. The predicted molar refractivity (Wildman–Crippen MR) is 70.7 cm³/mol. The second kappa shape index (κ2) is 4.79. The van der Waals surface area contributed by atoms with Crippen LogP contribution in [0, 0.1) is 5.41 Å². The second-order valence-electron chi connectivity index (χ2n) is 5.63. The first-order chi connectivity index (χ1) is 8.10. The minimum absolute atomic E-state index is 0.0805. The molecule has 1 fully saturated rings. The molecule has 0 saturated heterocycles. The lowest BCUT2D eigenvalue weighted by atomic mass is 9.68. The van der Waals surface area contributed by atoms with E-state index in [1.807, 2.05) is 25.1 Å². The van der Waals surface area contributed by atoms with Gasteiger partial charge in [0.05, 0.1) is 5.60 Å². The SMILES string of the molecule is CC(O)(Cc1ccccc1)C1(CN)CCCC1. The van der Waals surface area contributed by atoms with Gasteiger partial charge in [-0.05, 0) is 25.3 Å². The van der Waals surface area contributed by atoms with E-state index in [2.05, 4.69) is 12.1 Å². The molecule has 3 N–H and O–H groups in total. The summed E-state index contributed by atoms with van der Waals surface area (Å²) in [6.45, 7) is 2.55. The summed E-state index contributed by atoms with van der Waals surface area (Å²) in [7, 11) is 0. The summed E-state index contributed by atoms with van der Waals surface area (Å²) in [6, 6.07) is 10.2. The van der Waals surface area contributed by atoms with Crippen LogP contribution in [0.15, 0.2) is 30.3 Å². The largest absolute Gasteiger partial charge is 0.389 e. The van der Waals surface area contributed by atoms with Crippen molar-refractivity contribution in [1.29, 1.82) is 0 Å². The standard InChI is InChI=1S/C15H23NO/c1-14(17,11-13-7-3-2-4-8-13)15(12-16)9-5-6-10-15/h2-4,7-8,17H,5-6,9-12,16H2,1H3. The average molecular weight is 233 g/mol. The van der Waals surface area contributed by atoms with Crippen LogP contribution in [0.2, 0.25) is 0 Å². The van der Waals surface area contributed by atoms with Crippen LogP contribution in [0.1, 0.15) is 38.2 Å². The van der Waals surface area contributed by atoms with Gasteiger partial charge < -0.3 is 10.8 Å². The Balaban J connectivity index is 2.17. The van der Waals surface area contributed by atoms with E-state index in [0.717, 1.165) is 12.8 Å². The average Bonchev–Trinajstić information content (AvgIpc) is 2.80. The topological polar surface area (TPSA) is 46.2 Å². The third kappa shape index (κ3) is 2.38. The summed E-state index contributed by atoms with van der Waals surface area (Å²) >= 11 is 0. The molecule has 0 aromatic heterocycles. The Kier molecular flexibility index (Phi) is 3.55. The molecule has 1 aromatic carbocycles. The van der Waals surface area contributed by atoms with E-state index in [9.17, 15) is 5.11 Å². The fourth-order valence-electron chi connectivity index (χ4n) is 3.20. The quantitative estimate of drug-likeness (QED) is 0.839. The lowest BCUT2D eigenvalue weighted by molar-refractivity contribution is -0.0625. The molecule has 1 aliphatic rings. The molecule has 0 bridgehead atoms. The van der Waals surface area contributed by atoms with Crippen LogP contribution >= 0.6 is 0 Å². The van der Waals surface area contributed by atoms with Gasteiger partial charge in [0.15, 0.2) is 0 Å². The maximum atomic E-state index is 10.8. The van der Waals surface area contributed by atoms with Crippen molar-refractivity contribution in [1.82, 2.24) is 0 Å². The highest BCUT2D eigenvalue weighted by Crippen LogP contribution is 2.46. The first-order valence-corrected chi connectivity index (χ1v) is 6.56. The highest BCUT2D eigenvalue weighted by molar-refractivity contribution is 5.18. The van der Waals surface area contributed by atoms with E-state index in [-0.39, 0.29) is 5.41 Å². The van der Waals surface area contributed by atoms with Crippen LogP contribution in [0.3, 0.4) is 0 Å². The smallest absolute Gasteiger partial charge is 0.0727 e. The Hall–Kier alpha value is -0.860. The molecule has 0 aliphatic heterocycles. The van der Waals surface area contributed by atoms with E-state index < -0.39 is 5.60 Å². The third-order valence-electron chi connectivity index (χ3n) is 4.49. The van der Waals surface area contributed by atoms with Crippen LogP contribution in [0.5, 0.6) is 0 Å². The van der Waals surface area contributed by atoms with E-state index in [4.69, 9.17) is 5.73 Å². The van der Waals surface area contributed by atoms with Gasteiger partial charge in [0.2, 0.25) is 0 Å². The summed E-state index contributed by atoms with van der Waals surface area (Å²) in [5, 5.41) is 10.8. The zero-order chi connectivity index (χ0) is 12.4. The lowest BCUT2D eigenvalue weighted by Crippen LogP contribution is -2.50. The zero-order valence-electron chi connectivity index (χ0n) is 10.7.